The molecule has 1 heterocycles. The Balaban J connectivity index is 1.77. The van der Waals surface area contributed by atoms with Crippen molar-refractivity contribution in [2.24, 2.45) is 0 Å². The Morgan fingerprint density at radius 2 is 1.71 bits per heavy atom. The Morgan fingerprint density at radius 1 is 1.04 bits per heavy atom. The van der Waals surface area contributed by atoms with E-state index in [1.807, 2.05) is 6.07 Å². The zero-order valence-electron chi connectivity index (χ0n) is 15.4. The van der Waals surface area contributed by atoms with Crippen LogP contribution in [0.4, 0.5) is 5.69 Å². The van der Waals surface area contributed by atoms with E-state index in [0.29, 0.717) is 22.2 Å². The van der Waals surface area contributed by atoms with Crippen LogP contribution in [0.15, 0.2) is 52.7 Å². The first-order chi connectivity index (χ1) is 13.3. The van der Waals surface area contributed by atoms with E-state index in [1.54, 1.807) is 31.7 Å². The molecule has 0 fully saturated rings. The zero-order valence-corrected chi connectivity index (χ0v) is 17.1. The molecule has 0 atom stereocenters. The molecule has 7 nitrogen and oxygen atoms in total. The SMILES string of the molecule is COc1ccc(-c2nc(C(=O)Nc3ccc(S(C)(=O)=O)cc3)cs2)cc1OC. The molecule has 0 spiro atoms. The average molecular weight is 418 g/mol. The van der Waals surface area contributed by atoms with Crippen molar-refractivity contribution in [2.75, 3.05) is 25.8 Å². The Kier molecular flexibility index (Phi) is 5.66. The molecular formula is C19H18N2O5S2. The number of anilines is 1. The van der Waals surface area contributed by atoms with Crippen LogP contribution >= 0.6 is 11.3 Å². The molecule has 1 aromatic heterocycles. The Hall–Kier alpha value is -2.91. The van der Waals surface area contributed by atoms with Gasteiger partial charge in [0, 0.05) is 22.9 Å². The fraction of sp³-hybridized carbons (Fsp3) is 0.158. The van der Waals surface area contributed by atoms with Gasteiger partial charge in [-0.3, -0.25) is 4.79 Å². The van der Waals surface area contributed by atoms with Gasteiger partial charge in [0.05, 0.1) is 19.1 Å². The number of nitrogens with zero attached hydrogens (tertiary/aromatic N) is 1. The minimum Gasteiger partial charge on any atom is -0.493 e. The van der Waals surface area contributed by atoms with E-state index in [0.717, 1.165) is 11.8 Å². The van der Waals surface area contributed by atoms with Crippen LogP contribution in [0.1, 0.15) is 10.5 Å². The molecule has 3 aromatic rings. The second-order valence-corrected chi connectivity index (χ2v) is 8.73. The lowest BCUT2D eigenvalue weighted by Crippen LogP contribution is -2.12. The van der Waals surface area contributed by atoms with Gasteiger partial charge in [-0.1, -0.05) is 0 Å². The summed E-state index contributed by atoms with van der Waals surface area (Å²) in [5.74, 6) is 0.806. The molecule has 0 unspecified atom stereocenters. The van der Waals surface area contributed by atoms with Crippen molar-refractivity contribution in [1.29, 1.82) is 0 Å². The normalized spacial score (nSPS) is 11.1. The van der Waals surface area contributed by atoms with Crippen molar-refractivity contribution in [2.45, 2.75) is 4.90 Å². The summed E-state index contributed by atoms with van der Waals surface area (Å²) in [6, 6.07) is 11.4. The average Bonchev–Trinajstić information content (AvgIpc) is 3.17. The largest absolute Gasteiger partial charge is 0.493 e. The van der Waals surface area contributed by atoms with Gasteiger partial charge in [0.2, 0.25) is 0 Å². The molecule has 0 bridgehead atoms. The Labute approximate surface area is 166 Å². The van der Waals surface area contributed by atoms with Gasteiger partial charge in [-0.2, -0.15) is 0 Å². The van der Waals surface area contributed by atoms with Gasteiger partial charge in [0.15, 0.2) is 21.3 Å². The maximum atomic E-state index is 12.4. The number of hydrogen-bond acceptors (Lipinski definition) is 7. The Morgan fingerprint density at radius 3 is 2.32 bits per heavy atom. The molecule has 0 radical (unpaired) electrons. The summed E-state index contributed by atoms with van der Waals surface area (Å²) in [5.41, 5.74) is 1.55. The number of amides is 1. The predicted octanol–water partition coefficient (Wildman–Crippen LogP) is 3.48. The number of benzene rings is 2. The van der Waals surface area contributed by atoms with Crippen LogP contribution in [-0.2, 0) is 9.84 Å². The van der Waals surface area contributed by atoms with Crippen molar-refractivity contribution in [1.82, 2.24) is 4.98 Å². The minimum absolute atomic E-state index is 0.190. The highest BCUT2D eigenvalue weighted by atomic mass is 32.2. The standard InChI is InChI=1S/C19H18N2O5S2/c1-25-16-9-4-12(10-17(16)26-2)19-21-15(11-27-19)18(22)20-13-5-7-14(8-6-13)28(3,23)24/h4-11H,1-3H3,(H,20,22). The van der Waals surface area contributed by atoms with Crippen molar-refractivity contribution in [3.63, 3.8) is 0 Å². The topological polar surface area (TPSA) is 94.6 Å². The molecule has 0 aliphatic carbocycles. The number of methoxy groups -OCH3 is 2. The quantitative estimate of drug-likeness (QED) is 0.659. The van der Waals surface area contributed by atoms with Crippen LogP contribution in [0.2, 0.25) is 0 Å². The first-order valence-corrected chi connectivity index (χ1v) is 10.9. The number of aromatic nitrogens is 1. The summed E-state index contributed by atoms with van der Waals surface area (Å²) in [6.07, 6.45) is 1.13. The molecule has 0 saturated heterocycles. The highest BCUT2D eigenvalue weighted by molar-refractivity contribution is 7.90. The second kappa shape index (κ2) is 7.99. The summed E-state index contributed by atoms with van der Waals surface area (Å²) in [4.78, 5) is 17.0. The maximum Gasteiger partial charge on any atom is 0.275 e. The van der Waals surface area contributed by atoms with Gasteiger partial charge in [0.1, 0.15) is 10.7 Å². The number of nitrogens with one attached hydrogen (secondary N) is 1. The van der Waals surface area contributed by atoms with Gasteiger partial charge < -0.3 is 14.8 Å². The van der Waals surface area contributed by atoms with Crippen LogP contribution in [-0.4, -0.2) is 39.8 Å². The molecule has 146 valence electrons. The molecule has 9 heteroatoms. The number of rotatable bonds is 6. The molecule has 2 aromatic carbocycles. The molecule has 3 rings (SSSR count). The third-order valence-corrected chi connectivity index (χ3v) is 5.93. The van der Waals surface area contributed by atoms with E-state index in [9.17, 15) is 13.2 Å². The minimum atomic E-state index is -3.28. The summed E-state index contributed by atoms with van der Waals surface area (Å²) >= 11 is 1.33. The van der Waals surface area contributed by atoms with Crippen molar-refractivity contribution < 1.29 is 22.7 Å². The number of carbonyl (C=O) groups excluding carboxylic acids is 1. The van der Waals surface area contributed by atoms with Gasteiger partial charge in [-0.15, -0.1) is 11.3 Å². The lowest BCUT2D eigenvalue weighted by Gasteiger charge is -2.08. The van der Waals surface area contributed by atoms with E-state index >= 15 is 0 Å². The van der Waals surface area contributed by atoms with Crippen molar-refractivity contribution in [3.8, 4) is 22.1 Å². The summed E-state index contributed by atoms with van der Waals surface area (Å²) in [6.45, 7) is 0. The molecule has 1 N–H and O–H groups in total. The highest BCUT2D eigenvalue weighted by Gasteiger charge is 2.14. The van der Waals surface area contributed by atoms with Gasteiger partial charge in [-0.05, 0) is 42.5 Å². The zero-order chi connectivity index (χ0) is 20.3. The molecular weight excluding hydrogens is 400 g/mol. The number of ether oxygens (including phenoxy) is 2. The Bertz CT molecular complexity index is 1110. The third kappa shape index (κ3) is 4.32. The van der Waals surface area contributed by atoms with E-state index < -0.39 is 9.84 Å². The van der Waals surface area contributed by atoms with E-state index in [1.165, 1.54) is 35.6 Å². The smallest absolute Gasteiger partial charge is 0.275 e. The van der Waals surface area contributed by atoms with Crippen LogP contribution in [0.25, 0.3) is 10.6 Å². The molecule has 28 heavy (non-hydrogen) atoms. The molecule has 0 aliphatic heterocycles. The first kappa shape index (κ1) is 19.8. The molecule has 0 saturated carbocycles. The van der Waals surface area contributed by atoms with Gasteiger partial charge in [-0.25, -0.2) is 13.4 Å². The first-order valence-electron chi connectivity index (χ1n) is 8.11. The van der Waals surface area contributed by atoms with E-state index in [4.69, 9.17) is 9.47 Å². The summed E-state index contributed by atoms with van der Waals surface area (Å²) in [5, 5.41) is 5.03. The van der Waals surface area contributed by atoms with Crippen molar-refractivity contribution in [3.05, 3.63) is 53.5 Å². The van der Waals surface area contributed by atoms with Crippen LogP contribution < -0.4 is 14.8 Å². The van der Waals surface area contributed by atoms with Gasteiger partial charge >= 0.3 is 0 Å². The number of hydrogen-bond donors (Lipinski definition) is 1. The number of thiazole rings is 1. The molecule has 1 amide bonds. The van der Waals surface area contributed by atoms with Gasteiger partial charge in [0.25, 0.3) is 5.91 Å². The monoisotopic (exact) mass is 418 g/mol. The van der Waals surface area contributed by atoms with Crippen LogP contribution in [0, 0.1) is 0 Å². The predicted molar refractivity (Wildman–Crippen MR) is 108 cm³/mol. The molecule has 0 aliphatic rings. The number of sulfone groups is 1. The van der Waals surface area contributed by atoms with Crippen molar-refractivity contribution >= 4 is 32.8 Å². The maximum absolute atomic E-state index is 12.4. The summed E-state index contributed by atoms with van der Waals surface area (Å²) < 4.78 is 33.5. The lowest BCUT2D eigenvalue weighted by molar-refractivity contribution is 0.102. The summed E-state index contributed by atoms with van der Waals surface area (Å²) in [7, 11) is -0.167. The lowest BCUT2D eigenvalue weighted by atomic mass is 10.2. The number of carbonyl (C=O) groups is 1. The van der Waals surface area contributed by atoms with Crippen LogP contribution in [0.3, 0.4) is 0 Å². The van der Waals surface area contributed by atoms with E-state index in [-0.39, 0.29) is 16.5 Å². The second-order valence-electron chi connectivity index (χ2n) is 5.86. The third-order valence-electron chi connectivity index (χ3n) is 3.91. The highest BCUT2D eigenvalue weighted by Crippen LogP contribution is 2.33. The van der Waals surface area contributed by atoms with Crippen LogP contribution in [0.5, 0.6) is 11.5 Å². The fourth-order valence-corrected chi connectivity index (χ4v) is 3.89. The fourth-order valence-electron chi connectivity index (χ4n) is 2.46. The van der Waals surface area contributed by atoms with E-state index in [2.05, 4.69) is 10.3 Å².